The molecular weight excluding hydrogens is 331 g/mol. The quantitative estimate of drug-likeness (QED) is 0.771. The van der Waals surface area contributed by atoms with Gasteiger partial charge in [0.25, 0.3) is 0 Å². The Bertz CT molecular complexity index is 500. The summed E-state index contributed by atoms with van der Waals surface area (Å²) in [7, 11) is 2.05. The fourth-order valence-corrected chi connectivity index (χ4v) is 4.60. The van der Waals surface area contributed by atoms with Gasteiger partial charge in [-0.05, 0) is 33.1 Å². The van der Waals surface area contributed by atoms with Crippen LogP contribution in [0.4, 0.5) is 4.39 Å². The van der Waals surface area contributed by atoms with E-state index in [2.05, 4.69) is 18.7 Å². The Morgan fingerprint density at radius 1 is 1.25 bits per heavy atom. The number of amidine groups is 1. The van der Waals surface area contributed by atoms with Gasteiger partial charge in [0.2, 0.25) is 0 Å². The largest absolute Gasteiger partial charge is 0.356 e. The van der Waals surface area contributed by atoms with E-state index in [0.717, 1.165) is 18.1 Å². The molecule has 0 saturated carbocycles. The molecule has 0 radical (unpaired) electrons. The minimum atomic E-state index is -1.11. The van der Waals surface area contributed by atoms with Crippen molar-refractivity contribution in [2.45, 2.75) is 82.8 Å². The third-order valence-corrected chi connectivity index (χ3v) is 5.95. The zero-order valence-electron chi connectivity index (χ0n) is 15.4. The zero-order valence-corrected chi connectivity index (χ0v) is 16.2. The predicted octanol–water partition coefficient (Wildman–Crippen LogP) is 3.04. The van der Waals surface area contributed by atoms with Crippen molar-refractivity contribution in [2.75, 3.05) is 13.6 Å². The van der Waals surface area contributed by atoms with E-state index in [1.807, 2.05) is 20.9 Å². The van der Waals surface area contributed by atoms with Crippen LogP contribution >= 0.6 is 11.8 Å². The Balaban J connectivity index is 1.76. The van der Waals surface area contributed by atoms with Crippen LogP contribution in [-0.2, 0) is 14.2 Å². The van der Waals surface area contributed by atoms with Gasteiger partial charge >= 0.3 is 0 Å². The van der Waals surface area contributed by atoms with E-state index >= 15 is 0 Å². The molecule has 3 rings (SSSR count). The summed E-state index contributed by atoms with van der Waals surface area (Å²) in [5, 5.41) is 0.949. The van der Waals surface area contributed by atoms with Crippen molar-refractivity contribution >= 4 is 16.9 Å². The maximum absolute atomic E-state index is 14.1. The summed E-state index contributed by atoms with van der Waals surface area (Å²) in [5.41, 5.74) is -0.205. The molecule has 0 aromatic carbocycles. The second-order valence-electron chi connectivity index (χ2n) is 7.84. The zero-order chi connectivity index (χ0) is 17.6. The number of hydrogen-bond acceptors (Lipinski definition) is 6. The number of ether oxygens (including phenoxy) is 3. The van der Waals surface area contributed by atoms with E-state index < -0.39 is 24.2 Å². The maximum atomic E-state index is 14.1. The molecule has 0 aliphatic carbocycles. The lowest BCUT2D eigenvalue weighted by Crippen LogP contribution is -2.55. The van der Waals surface area contributed by atoms with Gasteiger partial charge in [0, 0.05) is 13.6 Å². The molecule has 0 aromatic rings. The average Bonchev–Trinajstić information content (AvgIpc) is 3.02. The third-order valence-electron chi connectivity index (χ3n) is 4.70. The highest BCUT2D eigenvalue weighted by molar-refractivity contribution is 8.14. The minimum Gasteiger partial charge on any atom is -0.356 e. The normalized spacial score (nSPS) is 38.7. The molecule has 5 nitrogen and oxygen atoms in total. The van der Waals surface area contributed by atoms with E-state index in [-0.39, 0.29) is 17.6 Å². The van der Waals surface area contributed by atoms with Crippen LogP contribution in [0, 0.1) is 5.92 Å². The van der Waals surface area contributed by atoms with Crippen molar-refractivity contribution in [3.8, 4) is 0 Å². The number of fused-ring (bicyclic) bond motifs is 3. The maximum Gasteiger partial charge on any atom is 0.164 e. The molecule has 0 bridgehead atoms. The number of halogens is 1. The first-order valence-corrected chi connectivity index (χ1v) is 9.66. The molecule has 0 N–H and O–H groups in total. The van der Waals surface area contributed by atoms with E-state index in [1.165, 1.54) is 6.92 Å². The van der Waals surface area contributed by atoms with E-state index in [9.17, 15) is 4.39 Å². The summed E-state index contributed by atoms with van der Waals surface area (Å²) in [6.07, 6.45) is -1.29. The molecule has 24 heavy (non-hydrogen) atoms. The standard InChI is InChI=1S/C17H29FN2O3S/c1-9(2)7-8-20(6)16-19-11-13-14(23-17(4,5)22-13)12(10(3)18)21-15(11)24-16/h9-15H,7-8H2,1-6H3. The monoisotopic (exact) mass is 360 g/mol. The highest BCUT2D eigenvalue weighted by Crippen LogP contribution is 2.45. The van der Waals surface area contributed by atoms with E-state index in [0.29, 0.717) is 5.92 Å². The average molecular weight is 360 g/mol. The lowest BCUT2D eigenvalue weighted by Gasteiger charge is -2.38. The van der Waals surface area contributed by atoms with Gasteiger partial charge in [-0.3, -0.25) is 4.99 Å². The number of nitrogens with zero attached hydrogens (tertiary/aromatic N) is 2. The first-order valence-electron chi connectivity index (χ1n) is 8.78. The van der Waals surface area contributed by atoms with Crippen LogP contribution in [0.15, 0.2) is 4.99 Å². The number of thioether (sulfide) groups is 1. The van der Waals surface area contributed by atoms with Crippen LogP contribution in [0.3, 0.4) is 0 Å². The fraction of sp³-hybridized carbons (Fsp3) is 0.941. The SMILES string of the molecule is CC(C)CCN(C)C1=NC2C(OC(C(C)F)C3OC(C)(C)OC23)S1. The number of alkyl halides is 1. The summed E-state index contributed by atoms with van der Waals surface area (Å²) in [6, 6.07) is -0.145. The molecule has 138 valence electrons. The molecule has 0 spiro atoms. The molecule has 7 heteroatoms. The predicted molar refractivity (Wildman–Crippen MR) is 94.0 cm³/mol. The fourth-order valence-electron chi connectivity index (χ4n) is 3.40. The number of rotatable bonds is 4. The van der Waals surface area contributed by atoms with Crippen molar-refractivity contribution in [1.29, 1.82) is 0 Å². The van der Waals surface area contributed by atoms with Crippen molar-refractivity contribution in [2.24, 2.45) is 10.9 Å². The highest BCUT2D eigenvalue weighted by atomic mass is 32.2. The van der Waals surface area contributed by atoms with Crippen molar-refractivity contribution in [1.82, 2.24) is 4.90 Å². The van der Waals surface area contributed by atoms with Gasteiger partial charge < -0.3 is 19.1 Å². The molecular formula is C17H29FN2O3S. The molecule has 3 heterocycles. The van der Waals surface area contributed by atoms with Gasteiger partial charge in [-0.2, -0.15) is 0 Å². The van der Waals surface area contributed by atoms with Crippen LogP contribution in [0.5, 0.6) is 0 Å². The topological polar surface area (TPSA) is 43.3 Å². The molecule has 3 aliphatic rings. The molecule has 0 amide bonds. The van der Waals surface area contributed by atoms with Crippen LogP contribution in [0.1, 0.15) is 41.0 Å². The van der Waals surface area contributed by atoms with Gasteiger partial charge in [0.1, 0.15) is 36.0 Å². The van der Waals surface area contributed by atoms with Gasteiger partial charge in [0.15, 0.2) is 11.0 Å². The van der Waals surface area contributed by atoms with Gasteiger partial charge in [-0.15, -0.1) is 0 Å². The minimum absolute atomic E-state index is 0.145. The summed E-state index contributed by atoms with van der Waals surface area (Å²) in [6.45, 7) is 10.6. The van der Waals surface area contributed by atoms with E-state index in [4.69, 9.17) is 19.2 Å². The smallest absolute Gasteiger partial charge is 0.164 e. The lowest BCUT2D eigenvalue weighted by molar-refractivity contribution is -0.162. The Morgan fingerprint density at radius 2 is 1.92 bits per heavy atom. The second kappa shape index (κ2) is 6.74. The summed E-state index contributed by atoms with van der Waals surface area (Å²) in [4.78, 5) is 7.01. The molecule has 3 aliphatic heterocycles. The number of aliphatic imine (C=N–C) groups is 1. The number of hydrogen-bond donors (Lipinski definition) is 0. The molecule has 2 saturated heterocycles. The summed E-state index contributed by atoms with van der Waals surface area (Å²) >= 11 is 1.58. The second-order valence-corrected chi connectivity index (χ2v) is 8.90. The summed E-state index contributed by atoms with van der Waals surface area (Å²) in [5.74, 6) is -0.0841. The molecule has 6 unspecified atom stereocenters. The Hall–Kier alpha value is -0.370. The molecule has 6 atom stereocenters. The molecule has 0 aromatic heterocycles. The summed E-state index contributed by atoms with van der Waals surface area (Å²) < 4.78 is 32.1. The third kappa shape index (κ3) is 3.59. The van der Waals surface area contributed by atoms with Crippen molar-refractivity contribution in [3.63, 3.8) is 0 Å². The van der Waals surface area contributed by atoms with Crippen LogP contribution in [0.25, 0.3) is 0 Å². The highest BCUT2D eigenvalue weighted by Gasteiger charge is 2.58. The molecule has 2 fully saturated rings. The Labute approximate surface area is 148 Å². The Kier molecular flexibility index (Phi) is 5.17. The van der Waals surface area contributed by atoms with Gasteiger partial charge in [-0.25, -0.2) is 4.39 Å². The van der Waals surface area contributed by atoms with Crippen molar-refractivity contribution < 1.29 is 18.6 Å². The van der Waals surface area contributed by atoms with Gasteiger partial charge in [-0.1, -0.05) is 25.6 Å². The lowest BCUT2D eigenvalue weighted by atomic mass is 9.96. The van der Waals surface area contributed by atoms with E-state index in [1.54, 1.807) is 11.8 Å². The van der Waals surface area contributed by atoms with Crippen LogP contribution in [0.2, 0.25) is 0 Å². The first kappa shape index (κ1) is 18.4. The van der Waals surface area contributed by atoms with Gasteiger partial charge in [0.05, 0.1) is 0 Å². The van der Waals surface area contributed by atoms with Crippen LogP contribution < -0.4 is 0 Å². The van der Waals surface area contributed by atoms with Crippen molar-refractivity contribution in [3.05, 3.63) is 0 Å². The first-order chi connectivity index (χ1) is 11.2. The van der Waals surface area contributed by atoms with Crippen LogP contribution in [-0.4, -0.2) is 65.4 Å². The Morgan fingerprint density at radius 3 is 2.54 bits per heavy atom.